The molecule has 1 aromatic carbocycles. The monoisotopic (exact) mass is 334 g/mol. The van der Waals surface area contributed by atoms with Crippen LogP contribution in [0.2, 0.25) is 0 Å². The van der Waals surface area contributed by atoms with Gasteiger partial charge in [-0.3, -0.25) is 0 Å². The summed E-state index contributed by atoms with van der Waals surface area (Å²) in [6, 6.07) is 10.0. The van der Waals surface area contributed by atoms with Crippen molar-refractivity contribution >= 4 is 27.0 Å². The SMILES string of the molecule is C/C=C(\[Se]c1ccccc1)P(=O)(OCC)OCC. The first kappa shape index (κ1) is 15.7. The van der Waals surface area contributed by atoms with Crippen LogP contribution < -0.4 is 4.46 Å². The Morgan fingerprint density at radius 1 is 1.22 bits per heavy atom. The van der Waals surface area contributed by atoms with Crippen LogP contribution in [-0.2, 0) is 13.6 Å². The molecule has 3 nitrogen and oxygen atoms in total. The van der Waals surface area contributed by atoms with Crippen LogP contribution in [0.15, 0.2) is 40.6 Å². The molecule has 18 heavy (non-hydrogen) atoms. The molecule has 0 N–H and O–H groups in total. The van der Waals surface area contributed by atoms with Gasteiger partial charge in [0.05, 0.1) is 0 Å². The summed E-state index contributed by atoms with van der Waals surface area (Å²) in [5.74, 6) is 0. The quantitative estimate of drug-likeness (QED) is 0.568. The molecule has 1 rings (SSSR count). The number of rotatable bonds is 7. The molecular formula is C13H19O3PSe. The standard InChI is InChI=1S/C13H19O3PSe/c1-4-13(17(14,15-5-2)16-6-3)18-12-10-8-7-9-11-12/h4,7-11H,5-6H2,1-3H3/b13-4-. The van der Waals surface area contributed by atoms with Crippen molar-refractivity contribution in [3.05, 3.63) is 40.6 Å². The van der Waals surface area contributed by atoms with E-state index in [0.29, 0.717) is 13.2 Å². The van der Waals surface area contributed by atoms with Gasteiger partial charge in [-0.15, -0.1) is 0 Å². The Morgan fingerprint density at radius 2 is 1.78 bits per heavy atom. The minimum atomic E-state index is -3.11. The van der Waals surface area contributed by atoms with E-state index < -0.39 is 7.60 Å². The van der Waals surface area contributed by atoms with Crippen LogP contribution in [0.3, 0.4) is 0 Å². The number of allylic oxidation sites excluding steroid dienone is 1. The molecule has 0 saturated carbocycles. The van der Waals surface area contributed by atoms with E-state index in [1.807, 2.05) is 57.2 Å². The van der Waals surface area contributed by atoms with Crippen molar-refractivity contribution < 1.29 is 13.6 Å². The number of hydrogen-bond donors (Lipinski definition) is 0. The fourth-order valence-electron chi connectivity index (χ4n) is 1.39. The summed E-state index contributed by atoms with van der Waals surface area (Å²) >= 11 is -0.0319. The molecule has 5 heteroatoms. The van der Waals surface area contributed by atoms with Crippen molar-refractivity contribution in [3.8, 4) is 0 Å². The minimum absolute atomic E-state index is 0.0319. The molecule has 0 aromatic heterocycles. The van der Waals surface area contributed by atoms with Crippen molar-refractivity contribution in [1.82, 2.24) is 0 Å². The molecule has 0 unspecified atom stereocenters. The Kier molecular flexibility index (Phi) is 6.91. The average molecular weight is 333 g/mol. The second-order valence-electron chi connectivity index (χ2n) is 3.38. The van der Waals surface area contributed by atoms with E-state index in [1.54, 1.807) is 0 Å². The van der Waals surface area contributed by atoms with E-state index in [0.717, 1.165) is 8.67 Å². The second-order valence-corrected chi connectivity index (χ2v) is 8.39. The van der Waals surface area contributed by atoms with Gasteiger partial charge in [0.1, 0.15) is 0 Å². The van der Waals surface area contributed by atoms with Crippen LogP contribution in [0.1, 0.15) is 20.8 Å². The maximum absolute atomic E-state index is 12.7. The van der Waals surface area contributed by atoms with Crippen molar-refractivity contribution in [2.45, 2.75) is 20.8 Å². The Hall–Kier alpha value is -0.371. The average Bonchev–Trinajstić information content (AvgIpc) is 2.37. The maximum atomic E-state index is 12.7. The van der Waals surface area contributed by atoms with Gasteiger partial charge < -0.3 is 0 Å². The topological polar surface area (TPSA) is 35.5 Å². The summed E-state index contributed by atoms with van der Waals surface area (Å²) in [6.07, 6.45) is 1.86. The van der Waals surface area contributed by atoms with Crippen LogP contribution >= 0.6 is 7.60 Å². The van der Waals surface area contributed by atoms with E-state index >= 15 is 0 Å². The molecule has 0 heterocycles. The molecular weight excluding hydrogens is 314 g/mol. The van der Waals surface area contributed by atoms with Crippen LogP contribution in [0, 0.1) is 0 Å². The van der Waals surface area contributed by atoms with Crippen LogP contribution in [0.5, 0.6) is 0 Å². The van der Waals surface area contributed by atoms with Crippen molar-refractivity contribution in [1.29, 1.82) is 0 Å². The zero-order chi connectivity index (χ0) is 13.4. The first-order valence-electron chi connectivity index (χ1n) is 5.95. The molecule has 0 saturated heterocycles. The fraction of sp³-hybridized carbons (Fsp3) is 0.385. The first-order valence-corrected chi connectivity index (χ1v) is 9.20. The molecule has 0 aliphatic heterocycles. The summed E-state index contributed by atoms with van der Waals surface area (Å²) in [7, 11) is -3.11. The van der Waals surface area contributed by atoms with Gasteiger partial charge in [-0.1, -0.05) is 0 Å². The summed E-state index contributed by atoms with van der Waals surface area (Å²) in [6.45, 7) is 6.31. The van der Waals surface area contributed by atoms with Gasteiger partial charge in [-0.2, -0.15) is 0 Å². The predicted molar refractivity (Wildman–Crippen MR) is 76.4 cm³/mol. The molecule has 1 aromatic rings. The van der Waals surface area contributed by atoms with E-state index in [1.165, 1.54) is 0 Å². The van der Waals surface area contributed by atoms with Gasteiger partial charge in [0.25, 0.3) is 0 Å². The second kappa shape index (κ2) is 7.93. The third kappa shape index (κ3) is 4.38. The van der Waals surface area contributed by atoms with Crippen molar-refractivity contribution in [3.63, 3.8) is 0 Å². The van der Waals surface area contributed by atoms with Crippen LogP contribution in [0.25, 0.3) is 0 Å². The normalized spacial score (nSPS) is 12.7. The predicted octanol–water partition coefficient (Wildman–Crippen LogP) is 3.14. The van der Waals surface area contributed by atoms with Crippen LogP contribution in [-0.4, -0.2) is 28.2 Å². The zero-order valence-electron chi connectivity index (χ0n) is 11.0. The number of hydrogen-bond acceptors (Lipinski definition) is 3. The summed E-state index contributed by atoms with van der Waals surface area (Å²) in [5, 5.41) is 0. The van der Waals surface area contributed by atoms with Crippen molar-refractivity contribution in [2.75, 3.05) is 13.2 Å². The van der Waals surface area contributed by atoms with E-state index in [2.05, 4.69) is 0 Å². The van der Waals surface area contributed by atoms with E-state index in [4.69, 9.17) is 9.05 Å². The molecule has 0 amide bonds. The zero-order valence-corrected chi connectivity index (χ0v) is 13.6. The molecule has 0 spiro atoms. The molecule has 0 aliphatic rings. The molecule has 0 atom stereocenters. The van der Waals surface area contributed by atoms with Gasteiger partial charge >= 0.3 is 115 Å². The van der Waals surface area contributed by atoms with Crippen LogP contribution in [0.4, 0.5) is 0 Å². The Balaban J connectivity index is 2.91. The van der Waals surface area contributed by atoms with Gasteiger partial charge in [-0.05, 0) is 0 Å². The van der Waals surface area contributed by atoms with Crippen molar-refractivity contribution in [2.24, 2.45) is 0 Å². The third-order valence-electron chi connectivity index (χ3n) is 2.08. The molecule has 0 bridgehead atoms. The number of benzene rings is 1. The van der Waals surface area contributed by atoms with Gasteiger partial charge in [-0.25, -0.2) is 0 Å². The van der Waals surface area contributed by atoms with Gasteiger partial charge in [0.15, 0.2) is 0 Å². The van der Waals surface area contributed by atoms with Gasteiger partial charge in [0.2, 0.25) is 0 Å². The fourth-order valence-corrected chi connectivity index (χ4v) is 6.11. The van der Waals surface area contributed by atoms with E-state index in [9.17, 15) is 4.57 Å². The Morgan fingerprint density at radius 3 is 2.22 bits per heavy atom. The Labute approximate surface area is 115 Å². The Bertz CT molecular complexity index is 421. The molecule has 0 fully saturated rings. The summed E-state index contributed by atoms with van der Waals surface area (Å²) < 4.78 is 25.4. The first-order chi connectivity index (χ1) is 8.66. The molecule has 100 valence electrons. The summed E-state index contributed by atoms with van der Waals surface area (Å²) in [4.78, 5) is 0. The third-order valence-corrected chi connectivity index (χ3v) is 7.96. The van der Waals surface area contributed by atoms with E-state index in [-0.39, 0.29) is 15.0 Å². The molecule has 0 radical (unpaired) electrons. The summed E-state index contributed by atoms with van der Waals surface area (Å²) in [5.41, 5.74) is 0. The van der Waals surface area contributed by atoms with Gasteiger partial charge in [0, 0.05) is 0 Å². The molecule has 0 aliphatic carbocycles.